The number of benzene rings is 1. The zero-order valence-corrected chi connectivity index (χ0v) is 7.21. The molecule has 3 heteroatoms. The molecule has 1 aromatic carbocycles. The van der Waals surface area contributed by atoms with E-state index < -0.39 is 0 Å². The minimum atomic E-state index is 0.102. The van der Waals surface area contributed by atoms with Crippen LogP contribution < -0.4 is 5.32 Å². The number of aliphatic hydroxyl groups excluding tert-OH is 1. The summed E-state index contributed by atoms with van der Waals surface area (Å²) in [5.74, 6) is 0.211. The quantitative estimate of drug-likeness (QED) is 0.719. The van der Waals surface area contributed by atoms with Crippen LogP contribution in [0.5, 0.6) is 0 Å². The molecule has 0 aliphatic heterocycles. The van der Waals surface area contributed by atoms with E-state index in [-0.39, 0.29) is 12.4 Å². The Morgan fingerprint density at radius 2 is 2.31 bits per heavy atom. The third kappa shape index (κ3) is 1.42. The van der Waals surface area contributed by atoms with Gasteiger partial charge in [-0.1, -0.05) is 6.07 Å². The van der Waals surface area contributed by atoms with Gasteiger partial charge in [0.25, 0.3) is 0 Å². The fraction of sp³-hybridized carbons (Fsp3) is 0.300. The Labute approximate surface area is 76.4 Å². The van der Waals surface area contributed by atoms with Gasteiger partial charge in [0, 0.05) is 24.2 Å². The third-order valence-electron chi connectivity index (χ3n) is 2.20. The van der Waals surface area contributed by atoms with Gasteiger partial charge >= 0.3 is 0 Å². The average molecular weight is 177 g/mol. The molecule has 0 saturated carbocycles. The molecule has 0 heterocycles. The Bertz CT molecular complexity index is 347. The molecular formula is C10H11NO2. The molecule has 0 atom stereocenters. The summed E-state index contributed by atoms with van der Waals surface area (Å²) in [6.07, 6.45) is 0.579. The Hall–Kier alpha value is -1.35. The number of hydrogen-bond donors (Lipinski definition) is 2. The van der Waals surface area contributed by atoms with Gasteiger partial charge in [-0.25, -0.2) is 0 Å². The minimum absolute atomic E-state index is 0.102. The fourth-order valence-electron chi connectivity index (χ4n) is 1.46. The van der Waals surface area contributed by atoms with Crippen molar-refractivity contribution in [3.8, 4) is 0 Å². The van der Waals surface area contributed by atoms with Crippen molar-refractivity contribution in [1.29, 1.82) is 0 Å². The maximum absolute atomic E-state index is 11.1. The van der Waals surface area contributed by atoms with Crippen molar-refractivity contribution in [2.24, 2.45) is 0 Å². The monoisotopic (exact) mass is 177 g/mol. The standard InChI is InChI=1S/C10H11NO2/c12-4-3-11-8-2-1-7-5-10(13)9(7)6-8/h1-2,6,11-12H,3-5H2. The van der Waals surface area contributed by atoms with Crippen LogP contribution in [0.1, 0.15) is 15.9 Å². The Kier molecular flexibility index (Phi) is 2.02. The number of rotatable bonds is 3. The van der Waals surface area contributed by atoms with Crippen molar-refractivity contribution in [3.05, 3.63) is 29.3 Å². The predicted molar refractivity (Wildman–Crippen MR) is 50.1 cm³/mol. The molecule has 0 spiro atoms. The second kappa shape index (κ2) is 3.18. The van der Waals surface area contributed by atoms with Crippen LogP contribution in [0.2, 0.25) is 0 Å². The summed E-state index contributed by atoms with van der Waals surface area (Å²) in [6.45, 7) is 0.623. The molecule has 68 valence electrons. The van der Waals surface area contributed by atoms with E-state index in [1.807, 2.05) is 18.2 Å². The van der Waals surface area contributed by atoms with E-state index in [1.165, 1.54) is 0 Å². The van der Waals surface area contributed by atoms with Crippen molar-refractivity contribution in [3.63, 3.8) is 0 Å². The lowest BCUT2D eigenvalue weighted by molar-refractivity contribution is 0.0968. The molecule has 0 bridgehead atoms. The normalized spacial score (nSPS) is 13.5. The van der Waals surface area contributed by atoms with Gasteiger partial charge < -0.3 is 10.4 Å². The van der Waals surface area contributed by atoms with Gasteiger partial charge in [-0.15, -0.1) is 0 Å². The minimum Gasteiger partial charge on any atom is -0.395 e. The van der Waals surface area contributed by atoms with E-state index >= 15 is 0 Å². The highest BCUT2D eigenvalue weighted by molar-refractivity contribution is 6.07. The SMILES string of the molecule is O=C1Cc2ccc(NCCO)cc21. The van der Waals surface area contributed by atoms with Crippen molar-refractivity contribution in [2.45, 2.75) is 6.42 Å². The number of hydrogen-bond acceptors (Lipinski definition) is 3. The first-order valence-electron chi connectivity index (χ1n) is 4.32. The summed E-state index contributed by atoms with van der Waals surface area (Å²) in [4.78, 5) is 11.1. The van der Waals surface area contributed by atoms with Crippen LogP contribution in [0.25, 0.3) is 0 Å². The zero-order chi connectivity index (χ0) is 9.26. The summed E-state index contributed by atoms with van der Waals surface area (Å²) in [6, 6.07) is 5.73. The molecule has 1 aliphatic carbocycles. The number of carbonyl (C=O) groups excluding carboxylic acids is 1. The molecule has 0 aromatic heterocycles. The predicted octanol–water partition coefficient (Wildman–Crippen LogP) is 0.830. The van der Waals surface area contributed by atoms with Crippen molar-refractivity contribution in [1.82, 2.24) is 0 Å². The number of carbonyl (C=O) groups is 1. The molecule has 0 saturated heterocycles. The first-order chi connectivity index (χ1) is 6.31. The number of nitrogens with one attached hydrogen (secondary N) is 1. The van der Waals surface area contributed by atoms with Crippen molar-refractivity contribution in [2.75, 3.05) is 18.5 Å². The maximum Gasteiger partial charge on any atom is 0.167 e. The van der Waals surface area contributed by atoms with E-state index in [2.05, 4.69) is 5.32 Å². The Balaban J connectivity index is 2.16. The second-order valence-electron chi connectivity index (χ2n) is 3.12. The largest absolute Gasteiger partial charge is 0.395 e. The molecule has 0 unspecified atom stereocenters. The van der Waals surface area contributed by atoms with E-state index in [4.69, 9.17) is 5.11 Å². The molecule has 3 nitrogen and oxygen atoms in total. The molecule has 0 radical (unpaired) electrons. The van der Waals surface area contributed by atoms with Crippen LogP contribution in [0.3, 0.4) is 0 Å². The smallest absolute Gasteiger partial charge is 0.167 e. The fourth-order valence-corrected chi connectivity index (χ4v) is 1.46. The van der Waals surface area contributed by atoms with E-state index in [0.717, 1.165) is 16.8 Å². The molecule has 1 aromatic rings. The van der Waals surface area contributed by atoms with Crippen molar-refractivity contribution >= 4 is 11.5 Å². The third-order valence-corrected chi connectivity index (χ3v) is 2.20. The number of ketones is 1. The van der Waals surface area contributed by atoms with Gasteiger partial charge in [0.05, 0.1) is 6.61 Å². The molecule has 0 fully saturated rings. The second-order valence-corrected chi connectivity index (χ2v) is 3.12. The number of aliphatic hydroxyl groups is 1. The summed E-state index contributed by atoms with van der Waals surface area (Å²) >= 11 is 0. The summed E-state index contributed by atoms with van der Waals surface area (Å²) in [5, 5.41) is 11.6. The maximum atomic E-state index is 11.1. The number of anilines is 1. The molecule has 1 aliphatic rings. The highest BCUT2D eigenvalue weighted by Crippen LogP contribution is 2.25. The van der Waals surface area contributed by atoms with Crippen LogP contribution in [0.15, 0.2) is 18.2 Å². The zero-order valence-electron chi connectivity index (χ0n) is 7.21. The summed E-state index contributed by atoms with van der Waals surface area (Å²) in [7, 11) is 0. The average Bonchev–Trinajstić information content (AvgIpc) is 2.14. The number of fused-ring (bicyclic) bond motifs is 1. The van der Waals surface area contributed by atoms with Gasteiger partial charge in [0.2, 0.25) is 0 Å². The number of Topliss-reactive ketones (excluding diaryl/α,β-unsaturated/α-hetero) is 1. The first-order valence-corrected chi connectivity index (χ1v) is 4.32. The van der Waals surface area contributed by atoms with Crippen LogP contribution >= 0.6 is 0 Å². The topological polar surface area (TPSA) is 49.3 Å². The van der Waals surface area contributed by atoms with Crippen molar-refractivity contribution < 1.29 is 9.90 Å². The van der Waals surface area contributed by atoms with Gasteiger partial charge in [-0.3, -0.25) is 4.79 Å². The molecule has 0 amide bonds. The van der Waals surface area contributed by atoms with Crippen LogP contribution in [0, 0.1) is 0 Å². The lowest BCUT2D eigenvalue weighted by Crippen LogP contribution is -2.19. The van der Waals surface area contributed by atoms with Crippen LogP contribution in [-0.2, 0) is 6.42 Å². The molecule has 13 heavy (non-hydrogen) atoms. The van der Waals surface area contributed by atoms with Crippen LogP contribution in [-0.4, -0.2) is 24.0 Å². The van der Waals surface area contributed by atoms with Gasteiger partial charge in [-0.05, 0) is 17.7 Å². The molecule has 2 rings (SSSR count). The highest BCUT2D eigenvalue weighted by Gasteiger charge is 2.22. The summed E-state index contributed by atoms with van der Waals surface area (Å²) < 4.78 is 0. The van der Waals surface area contributed by atoms with Gasteiger partial charge in [0.1, 0.15) is 0 Å². The Morgan fingerprint density at radius 1 is 1.46 bits per heavy atom. The van der Waals surface area contributed by atoms with Gasteiger partial charge in [-0.2, -0.15) is 0 Å². The van der Waals surface area contributed by atoms with E-state index in [1.54, 1.807) is 0 Å². The van der Waals surface area contributed by atoms with E-state index in [0.29, 0.717) is 13.0 Å². The van der Waals surface area contributed by atoms with Gasteiger partial charge in [0.15, 0.2) is 5.78 Å². The lowest BCUT2D eigenvalue weighted by Gasteiger charge is -2.18. The lowest BCUT2D eigenvalue weighted by atomic mass is 9.87. The highest BCUT2D eigenvalue weighted by atomic mass is 16.3. The summed E-state index contributed by atoms with van der Waals surface area (Å²) in [5.41, 5.74) is 2.85. The Morgan fingerprint density at radius 3 is 3.00 bits per heavy atom. The first kappa shape index (κ1) is 8.26. The van der Waals surface area contributed by atoms with E-state index in [9.17, 15) is 4.79 Å². The van der Waals surface area contributed by atoms with Crippen LogP contribution in [0.4, 0.5) is 5.69 Å². The molecule has 2 N–H and O–H groups in total. The molecular weight excluding hydrogens is 166 g/mol.